The number of rotatable bonds is 2. The first-order chi connectivity index (χ1) is 12.3. The van der Waals surface area contributed by atoms with Crippen molar-refractivity contribution in [3.63, 3.8) is 0 Å². The van der Waals surface area contributed by atoms with Crippen LogP contribution in [0.4, 0.5) is 4.79 Å². The highest BCUT2D eigenvalue weighted by Gasteiger charge is 2.47. The highest BCUT2D eigenvalue weighted by Crippen LogP contribution is 2.40. The summed E-state index contributed by atoms with van der Waals surface area (Å²) in [5.41, 5.74) is 0.192. The van der Waals surface area contributed by atoms with Crippen LogP contribution in [0.15, 0.2) is 30.3 Å². The van der Waals surface area contributed by atoms with Gasteiger partial charge in [0, 0.05) is 26.2 Å². The Kier molecular flexibility index (Phi) is 5.26. The van der Waals surface area contributed by atoms with E-state index in [0.29, 0.717) is 19.6 Å². The first-order valence-electron chi connectivity index (χ1n) is 9.60. The lowest BCUT2D eigenvalue weighted by atomic mass is 9.73. The van der Waals surface area contributed by atoms with Crippen molar-refractivity contribution in [2.24, 2.45) is 5.41 Å². The molecule has 1 aromatic rings. The monoisotopic (exact) mass is 358 g/mol. The molecule has 0 unspecified atom stereocenters. The van der Waals surface area contributed by atoms with Crippen molar-refractivity contribution in [1.29, 1.82) is 0 Å². The Morgan fingerprint density at radius 2 is 1.77 bits per heavy atom. The molecule has 0 N–H and O–H groups in total. The van der Waals surface area contributed by atoms with Crippen molar-refractivity contribution >= 4 is 12.0 Å². The van der Waals surface area contributed by atoms with Gasteiger partial charge in [-0.25, -0.2) is 4.79 Å². The molecule has 1 spiro atoms. The molecule has 2 aliphatic heterocycles. The SMILES string of the molecule is CC(C)(C)OC(=O)N1CCC[C@@]2(CCCN(Cc3ccccc3)C2=O)C1. The second-order valence-corrected chi connectivity index (χ2v) is 8.60. The molecule has 0 bridgehead atoms. The van der Waals surface area contributed by atoms with Crippen LogP contribution in [0, 0.1) is 5.41 Å². The number of ether oxygens (including phenoxy) is 1. The predicted molar refractivity (Wildman–Crippen MR) is 101 cm³/mol. The average molecular weight is 358 g/mol. The highest BCUT2D eigenvalue weighted by molar-refractivity contribution is 5.84. The quantitative estimate of drug-likeness (QED) is 0.807. The molecule has 2 aliphatic rings. The van der Waals surface area contributed by atoms with Crippen molar-refractivity contribution in [3.8, 4) is 0 Å². The largest absolute Gasteiger partial charge is 0.444 e. The van der Waals surface area contributed by atoms with E-state index in [-0.39, 0.29) is 12.0 Å². The third kappa shape index (κ3) is 4.19. The molecule has 0 aromatic heterocycles. The lowest BCUT2D eigenvalue weighted by Gasteiger charge is -2.47. The summed E-state index contributed by atoms with van der Waals surface area (Å²) in [5, 5.41) is 0. The molecule has 3 rings (SSSR count). The molecule has 2 amide bonds. The first kappa shape index (κ1) is 18.7. The maximum absolute atomic E-state index is 13.3. The standard InChI is InChI=1S/C21H30N2O3/c1-20(2,3)26-19(25)23-14-8-12-21(16-23)11-7-13-22(18(21)24)15-17-9-5-4-6-10-17/h4-6,9-10H,7-8,11-16H2,1-3H3/t21-/m0/s1. The van der Waals surface area contributed by atoms with E-state index in [4.69, 9.17) is 4.74 Å². The molecule has 0 saturated carbocycles. The van der Waals surface area contributed by atoms with Gasteiger partial charge in [-0.05, 0) is 52.0 Å². The fraction of sp³-hybridized carbons (Fsp3) is 0.619. The van der Waals surface area contributed by atoms with Crippen LogP contribution in [0.25, 0.3) is 0 Å². The van der Waals surface area contributed by atoms with Crippen molar-refractivity contribution in [1.82, 2.24) is 9.80 Å². The summed E-state index contributed by atoms with van der Waals surface area (Å²) in [7, 11) is 0. The van der Waals surface area contributed by atoms with E-state index in [1.165, 1.54) is 0 Å². The van der Waals surface area contributed by atoms with Gasteiger partial charge >= 0.3 is 6.09 Å². The molecule has 26 heavy (non-hydrogen) atoms. The number of hydrogen-bond donors (Lipinski definition) is 0. The molecule has 2 fully saturated rings. The van der Waals surface area contributed by atoms with Crippen molar-refractivity contribution in [3.05, 3.63) is 35.9 Å². The number of carbonyl (C=O) groups excluding carboxylic acids is 2. The second-order valence-electron chi connectivity index (χ2n) is 8.60. The molecular weight excluding hydrogens is 328 g/mol. The van der Waals surface area contributed by atoms with E-state index < -0.39 is 11.0 Å². The zero-order valence-corrected chi connectivity index (χ0v) is 16.2. The minimum atomic E-state index is -0.516. The summed E-state index contributed by atoms with van der Waals surface area (Å²) in [6.45, 7) is 8.21. The van der Waals surface area contributed by atoms with Gasteiger partial charge in [-0.1, -0.05) is 30.3 Å². The maximum Gasteiger partial charge on any atom is 0.410 e. The van der Waals surface area contributed by atoms with Crippen molar-refractivity contribution in [2.75, 3.05) is 19.6 Å². The third-order valence-corrected chi connectivity index (χ3v) is 5.27. The zero-order valence-electron chi connectivity index (χ0n) is 16.2. The fourth-order valence-electron chi connectivity index (χ4n) is 4.10. The molecule has 2 saturated heterocycles. The predicted octanol–water partition coefficient (Wildman–Crippen LogP) is 3.83. The molecule has 142 valence electrons. The Morgan fingerprint density at radius 3 is 2.42 bits per heavy atom. The number of amides is 2. The van der Waals surface area contributed by atoms with Gasteiger partial charge in [-0.3, -0.25) is 4.79 Å². The minimum absolute atomic E-state index is 0.195. The molecule has 0 aliphatic carbocycles. The van der Waals surface area contributed by atoms with Crippen LogP contribution in [0.3, 0.4) is 0 Å². The summed E-state index contributed by atoms with van der Waals surface area (Å²) in [6, 6.07) is 10.1. The number of piperidine rings is 2. The lowest BCUT2D eigenvalue weighted by Crippen LogP contribution is -2.57. The molecule has 2 heterocycles. The number of likely N-dealkylation sites (tertiary alicyclic amines) is 2. The van der Waals surface area contributed by atoms with Crippen LogP contribution in [-0.4, -0.2) is 47.0 Å². The zero-order chi connectivity index (χ0) is 18.8. The van der Waals surface area contributed by atoms with Gasteiger partial charge in [-0.2, -0.15) is 0 Å². The molecule has 0 radical (unpaired) electrons. The molecule has 1 aromatic carbocycles. The summed E-state index contributed by atoms with van der Waals surface area (Å²) in [4.78, 5) is 29.5. The number of nitrogens with zero attached hydrogens (tertiary/aromatic N) is 2. The molecule has 5 nitrogen and oxygen atoms in total. The lowest BCUT2D eigenvalue weighted by molar-refractivity contribution is -0.150. The Balaban J connectivity index is 1.71. The molecule has 1 atom stereocenters. The van der Waals surface area contributed by atoms with E-state index >= 15 is 0 Å². The summed E-state index contributed by atoms with van der Waals surface area (Å²) in [5.74, 6) is 0.195. The highest BCUT2D eigenvalue weighted by atomic mass is 16.6. The normalized spacial score (nSPS) is 24.0. The number of hydrogen-bond acceptors (Lipinski definition) is 3. The van der Waals surface area contributed by atoms with E-state index in [0.717, 1.165) is 37.8 Å². The summed E-state index contributed by atoms with van der Waals surface area (Å²) >= 11 is 0. The molecule has 5 heteroatoms. The number of benzene rings is 1. The van der Waals surface area contributed by atoms with E-state index in [9.17, 15) is 9.59 Å². The third-order valence-electron chi connectivity index (χ3n) is 5.27. The van der Waals surface area contributed by atoms with E-state index in [2.05, 4.69) is 12.1 Å². The Morgan fingerprint density at radius 1 is 1.12 bits per heavy atom. The Hall–Kier alpha value is -2.04. The average Bonchev–Trinajstić information content (AvgIpc) is 2.59. The van der Waals surface area contributed by atoms with E-state index in [1.807, 2.05) is 43.9 Å². The van der Waals surface area contributed by atoms with E-state index in [1.54, 1.807) is 4.90 Å². The van der Waals surface area contributed by atoms with Gasteiger partial charge < -0.3 is 14.5 Å². The molecular formula is C21H30N2O3. The van der Waals surface area contributed by atoms with Gasteiger partial charge in [-0.15, -0.1) is 0 Å². The van der Waals surface area contributed by atoms with Crippen molar-refractivity contribution in [2.45, 2.75) is 58.6 Å². The van der Waals surface area contributed by atoms with Crippen LogP contribution in [0.1, 0.15) is 52.0 Å². The van der Waals surface area contributed by atoms with Gasteiger partial charge in [0.25, 0.3) is 0 Å². The van der Waals surface area contributed by atoms with Crippen LogP contribution < -0.4 is 0 Å². The maximum atomic E-state index is 13.3. The van der Waals surface area contributed by atoms with Gasteiger partial charge in [0.05, 0.1) is 5.41 Å². The fourth-order valence-corrected chi connectivity index (χ4v) is 4.10. The minimum Gasteiger partial charge on any atom is -0.444 e. The van der Waals surface area contributed by atoms with Crippen molar-refractivity contribution < 1.29 is 14.3 Å². The van der Waals surface area contributed by atoms with Crippen LogP contribution >= 0.6 is 0 Å². The summed E-state index contributed by atoms with van der Waals surface area (Å²) in [6.07, 6.45) is 3.25. The Bertz CT molecular complexity index is 649. The van der Waals surface area contributed by atoms with Crippen LogP contribution in [0.2, 0.25) is 0 Å². The number of carbonyl (C=O) groups is 2. The van der Waals surface area contributed by atoms with Gasteiger partial charge in [0.15, 0.2) is 0 Å². The van der Waals surface area contributed by atoms with Gasteiger partial charge in [0.2, 0.25) is 5.91 Å². The first-order valence-corrected chi connectivity index (χ1v) is 9.60. The Labute approximate surface area is 156 Å². The van der Waals surface area contributed by atoms with Crippen LogP contribution in [-0.2, 0) is 16.1 Å². The van der Waals surface area contributed by atoms with Crippen LogP contribution in [0.5, 0.6) is 0 Å². The second kappa shape index (κ2) is 7.29. The smallest absolute Gasteiger partial charge is 0.410 e. The topological polar surface area (TPSA) is 49.9 Å². The van der Waals surface area contributed by atoms with Gasteiger partial charge in [0.1, 0.15) is 5.60 Å². The summed E-state index contributed by atoms with van der Waals surface area (Å²) < 4.78 is 5.53.